The predicted molar refractivity (Wildman–Crippen MR) is 82.0 cm³/mol. The maximum Gasteiger partial charge on any atom is 0.309 e. The lowest BCUT2D eigenvalue weighted by atomic mass is 9.65. The average Bonchev–Trinajstić information content (AvgIpc) is 2.44. The minimum atomic E-state index is -0.850. The van der Waals surface area contributed by atoms with Gasteiger partial charge in [0.25, 0.3) is 0 Å². The maximum absolute atomic E-state index is 14.1. The van der Waals surface area contributed by atoms with E-state index in [0.717, 1.165) is 12.8 Å². The Morgan fingerprint density at radius 1 is 1.43 bits per heavy atom. The van der Waals surface area contributed by atoms with Crippen LogP contribution in [0.5, 0.6) is 0 Å². The zero-order valence-electron chi connectivity index (χ0n) is 12.5. The fourth-order valence-electron chi connectivity index (χ4n) is 3.38. The van der Waals surface area contributed by atoms with Crippen molar-refractivity contribution in [2.75, 3.05) is 0 Å². The molecular weight excluding hydrogens is 291 g/mol. The Hall–Kier alpha value is -1.09. The summed E-state index contributed by atoms with van der Waals surface area (Å²) in [4.78, 5) is 11.8. The van der Waals surface area contributed by atoms with Crippen LogP contribution in [0.25, 0.3) is 0 Å². The molecule has 2 rings (SSSR count). The first-order valence-electron chi connectivity index (χ1n) is 7.52. The second kappa shape index (κ2) is 6.35. The number of hydrogen-bond donors (Lipinski definition) is 1. The van der Waals surface area contributed by atoms with E-state index in [1.54, 1.807) is 12.1 Å². The first-order valence-corrected chi connectivity index (χ1v) is 7.90. The van der Waals surface area contributed by atoms with Gasteiger partial charge in [-0.2, -0.15) is 0 Å². The monoisotopic (exact) mass is 312 g/mol. The van der Waals surface area contributed by atoms with Gasteiger partial charge in [-0.05, 0) is 55.6 Å². The summed E-state index contributed by atoms with van der Waals surface area (Å²) in [6.07, 6.45) is 3.23. The molecule has 1 N–H and O–H groups in total. The van der Waals surface area contributed by atoms with E-state index in [2.05, 4.69) is 13.8 Å². The van der Waals surface area contributed by atoms with Crippen LogP contribution in [0, 0.1) is 23.1 Å². The highest BCUT2D eigenvalue weighted by Crippen LogP contribution is 2.44. The fourth-order valence-corrected chi connectivity index (χ4v) is 3.57. The molecule has 1 saturated carbocycles. The number of aliphatic carboxylic acids is 1. The molecule has 0 aliphatic heterocycles. The van der Waals surface area contributed by atoms with Crippen LogP contribution in [0.1, 0.15) is 45.1 Å². The van der Waals surface area contributed by atoms with Crippen molar-refractivity contribution in [2.45, 2.75) is 46.0 Å². The Labute approximate surface area is 130 Å². The highest BCUT2D eigenvalue weighted by atomic mass is 35.5. The molecule has 0 amide bonds. The highest BCUT2D eigenvalue weighted by molar-refractivity contribution is 6.30. The van der Waals surface area contributed by atoms with E-state index < -0.39 is 17.2 Å². The zero-order chi connectivity index (χ0) is 15.6. The molecule has 4 heteroatoms. The molecule has 1 fully saturated rings. The third-order valence-corrected chi connectivity index (χ3v) is 5.24. The Morgan fingerprint density at radius 3 is 2.57 bits per heavy atom. The van der Waals surface area contributed by atoms with Crippen LogP contribution >= 0.6 is 11.6 Å². The lowest BCUT2D eigenvalue weighted by Crippen LogP contribution is -2.38. The van der Waals surface area contributed by atoms with Crippen molar-refractivity contribution >= 4 is 17.6 Å². The number of halogens is 2. The topological polar surface area (TPSA) is 37.3 Å². The van der Waals surface area contributed by atoms with Crippen molar-refractivity contribution in [3.8, 4) is 0 Å². The minimum absolute atomic E-state index is 0.0592. The fraction of sp³-hybridized carbons (Fsp3) is 0.588. The number of carboxylic acid groups (broad SMARTS) is 1. The van der Waals surface area contributed by atoms with Crippen LogP contribution < -0.4 is 0 Å². The van der Waals surface area contributed by atoms with Crippen molar-refractivity contribution in [1.29, 1.82) is 0 Å². The SMILES string of the molecule is CC(C)C1CCC(Cc2cccc(Cl)c2F)(C(=O)O)CC1. The molecule has 1 aromatic rings. The molecule has 0 saturated heterocycles. The number of hydrogen-bond acceptors (Lipinski definition) is 1. The van der Waals surface area contributed by atoms with Crippen molar-refractivity contribution in [1.82, 2.24) is 0 Å². The van der Waals surface area contributed by atoms with Gasteiger partial charge in [0.05, 0.1) is 10.4 Å². The summed E-state index contributed by atoms with van der Waals surface area (Å²) in [5.74, 6) is -0.156. The van der Waals surface area contributed by atoms with E-state index in [1.165, 1.54) is 6.07 Å². The molecule has 116 valence electrons. The van der Waals surface area contributed by atoms with E-state index in [-0.39, 0.29) is 11.4 Å². The molecule has 0 heterocycles. The number of rotatable bonds is 4. The van der Waals surface area contributed by atoms with E-state index >= 15 is 0 Å². The van der Waals surface area contributed by atoms with Crippen LogP contribution in [0.15, 0.2) is 18.2 Å². The third-order valence-electron chi connectivity index (χ3n) is 4.94. The Bertz CT molecular complexity index is 520. The summed E-state index contributed by atoms with van der Waals surface area (Å²) in [7, 11) is 0. The van der Waals surface area contributed by atoms with Gasteiger partial charge in [-0.25, -0.2) is 4.39 Å². The molecule has 2 nitrogen and oxygen atoms in total. The van der Waals surface area contributed by atoms with Crippen LogP contribution in [-0.2, 0) is 11.2 Å². The van der Waals surface area contributed by atoms with Gasteiger partial charge in [0.15, 0.2) is 0 Å². The van der Waals surface area contributed by atoms with E-state index in [1.807, 2.05) is 0 Å². The molecule has 1 aliphatic rings. The smallest absolute Gasteiger partial charge is 0.309 e. The summed E-state index contributed by atoms with van der Waals surface area (Å²) < 4.78 is 14.1. The number of carbonyl (C=O) groups is 1. The van der Waals surface area contributed by atoms with Crippen molar-refractivity contribution in [2.24, 2.45) is 17.3 Å². The molecule has 1 aromatic carbocycles. The standard InChI is InChI=1S/C17H22ClFO2/c1-11(2)12-6-8-17(9-7-12,16(20)21)10-13-4-3-5-14(18)15(13)19/h3-5,11-12H,6-10H2,1-2H3,(H,20,21). The van der Waals surface area contributed by atoms with Gasteiger partial charge in [0, 0.05) is 0 Å². The quantitative estimate of drug-likeness (QED) is 0.855. The first-order chi connectivity index (χ1) is 9.85. The minimum Gasteiger partial charge on any atom is -0.481 e. The summed E-state index contributed by atoms with van der Waals surface area (Å²) in [5, 5.41) is 9.74. The van der Waals surface area contributed by atoms with Crippen LogP contribution in [0.3, 0.4) is 0 Å². The molecule has 0 spiro atoms. The van der Waals surface area contributed by atoms with Crippen LogP contribution in [0.2, 0.25) is 5.02 Å². The molecule has 21 heavy (non-hydrogen) atoms. The largest absolute Gasteiger partial charge is 0.481 e. The van der Waals surface area contributed by atoms with E-state index in [4.69, 9.17) is 11.6 Å². The number of benzene rings is 1. The van der Waals surface area contributed by atoms with Gasteiger partial charge in [-0.3, -0.25) is 4.79 Å². The molecule has 1 aliphatic carbocycles. The van der Waals surface area contributed by atoms with Crippen molar-refractivity contribution in [3.63, 3.8) is 0 Å². The molecule has 0 unspecified atom stereocenters. The summed E-state index contributed by atoms with van der Waals surface area (Å²) in [5.41, 5.74) is -0.440. The Kier molecular flexibility index (Phi) is 4.92. The lowest BCUT2D eigenvalue weighted by Gasteiger charge is -2.38. The first kappa shape index (κ1) is 16.3. The molecule has 0 atom stereocenters. The maximum atomic E-state index is 14.1. The van der Waals surface area contributed by atoms with Crippen molar-refractivity contribution in [3.05, 3.63) is 34.6 Å². The second-order valence-corrected chi connectivity index (χ2v) is 6.96. The van der Waals surface area contributed by atoms with Gasteiger partial charge < -0.3 is 5.11 Å². The lowest BCUT2D eigenvalue weighted by molar-refractivity contribution is -0.152. The Balaban J connectivity index is 2.21. The van der Waals surface area contributed by atoms with Crippen molar-refractivity contribution < 1.29 is 14.3 Å². The third kappa shape index (κ3) is 3.39. The normalized spacial score (nSPS) is 26.0. The van der Waals surface area contributed by atoms with Crippen LogP contribution in [0.4, 0.5) is 4.39 Å². The van der Waals surface area contributed by atoms with Gasteiger partial charge in [0.1, 0.15) is 5.82 Å². The summed E-state index contributed by atoms with van der Waals surface area (Å²) >= 11 is 5.80. The Morgan fingerprint density at radius 2 is 2.05 bits per heavy atom. The molecule has 0 bridgehead atoms. The molecular formula is C17H22ClFO2. The van der Waals surface area contributed by atoms with Gasteiger partial charge >= 0.3 is 5.97 Å². The summed E-state index contributed by atoms with van der Waals surface area (Å²) in [6, 6.07) is 4.81. The second-order valence-electron chi connectivity index (χ2n) is 6.56. The highest BCUT2D eigenvalue weighted by Gasteiger charge is 2.42. The zero-order valence-corrected chi connectivity index (χ0v) is 13.3. The number of carboxylic acids is 1. The average molecular weight is 313 g/mol. The molecule has 0 aromatic heterocycles. The van der Waals surface area contributed by atoms with E-state index in [9.17, 15) is 14.3 Å². The molecule has 0 radical (unpaired) electrons. The van der Waals surface area contributed by atoms with Crippen LogP contribution in [-0.4, -0.2) is 11.1 Å². The van der Waals surface area contributed by atoms with Gasteiger partial charge in [0.2, 0.25) is 0 Å². The van der Waals surface area contributed by atoms with Gasteiger partial charge in [-0.15, -0.1) is 0 Å². The van der Waals surface area contributed by atoms with Gasteiger partial charge in [-0.1, -0.05) is 37.6 Å². The summed E-state index contributed by atoms with van der Waals surface area (Å²) in [6.45, 7) is 4.35. The predicted octanol–water partition coefficient (Wildman–Crippen LogP) is 4.94. The van der Waals surface area contributed by atoms with E-state index in [0.29, 0.717) is 30.2 Å².